The van der Waals surface area contributed by atoms with Gasteiger partial charge in [-0.3, -0.25) is 9.69 Å². The summed E-state index contributed by atoms with van der Waals surface area (Å²) in [4.78, 5) is 14.7. The highest BCUT2D eigenvalue weighted by molar-refractivity contribution is 8.26. The summed E-state index contributed by atoms with van der Waals surface area (Å²) in [6.07, 6.45) is 3.79. The van der Waals surface area contributed by atoms with Crippen LogP contribution in [0.4, 0.5) is 0 Å². The molecule has 5 nitrogen and oxygen atoms in total. The second kappa shape index (κ2) is 6.90. The van der Waals surface area contributed by atoms with Gasteiger partial charge in [0.25, 0.3) is 5.91 Å². The van der Waals surface area contributed by atoms with E-state index in [2.05, 4.69) is 0 Å². The van der Waals surface area contributed by atoms with Crippen molar-refractivity contribution in [3.05, 3.63) is 28.7 Å². The summed E-state index contributed by atoms with van der Waals surface area (Å²) in [5.74, 6) is 0.329. The third-order valence-corrected chi connectivity index (χ3v) is 5.16. The lowest BCUT2D eigenvalue weighted by atomic mass is 10.2. The van der Waals surface area contributed by atoms with Crippen LogP contribution < -0.4 is 4.74 Å². The van der Waals surface area contributed by atoms with E-state index >= 15 is 0 Å². The van der Waals surface area contributed by atoms with Gasteiger partial charge in [0.15, 0.2) is 11.5 Å². The van der Waals surface area contributed by atoms with Crippen LogP contribution in [0.1, 0.15) is 18.4 Å². The van der Waals surface area contributed by atoms with Crippen molar-refractivity contribution in [3.63, 3.8) is 0 Å². The van der Waals surface area contributed by atoms with Gasteiger partial charge < -0.3 is 14.6 Å². The lowest BCUT2D eigenvalue weighted by molar-refractivity contribution is -0.123. The van der Waals surface area contributed by atoms with Crippen molar-refractivity contribution in [2.75, 3.05) is 20.3 Å². The number of hydrogen-bond donors (Lipinski definition) is 1. The number of benzene rings is 1. The van der Waals surface area contributed by atoms with Crippen molar-refractivity contribution in [2.24, 2.45) is 0 Å². The van der Waals surface area contributed by atoms with E-state index in [1.165, 1.54) is 18.9 Å². The molecule has 1 N–H and O–H groups in total. The predicted molar refractivity (Wildman–Crippen MR) is 93.5 cm³/mol. The zero-order valence-electron chi connectivity index (χ0n) is 12.7. The summed E-state index contributed by atoms with van der Waals surface area (Å²) in [5.41, 5.74) is 0.723. The Kier molecular flexibility index (Phi) is 4.89. The van der Waals surface area contributed by atoms with Crippen LogP contribution in [0.5, 0.6) is 11.5 Å². The Balaban J connectivity index is 1.76. The van der Waals surface area contributed by atoms with Gasteiger partial charge in [-0.1, -0.05) is 30.0 Å². The van der Waals surface area contributed by atoms with Gasteiger partial charge >= 0.3 is 0 Å². The molecule has 0 spiro atoms. The molecular weight excluding hydrogens is 334 g/mol. The molecule has 122 valence electrons. The molecule has 0 unspecified atom stereocenters. The summed E-state index contributed by atoms with van der Waals surface area (Å²) in [6.45, 7) is 1.26. The number of ether oxygens (including phenoxy) is 2. The van der Waals surface area contributed by atoms with Crippen molar-refractivity contribution in [3.8, 4) is 11.5 Å². The summed E-state index contributed by atoms with van der Waals surface area (Å²) >= 11 is 6.59. The van der Waals surface area contributed by atoms with Crippen LogP contribution in [0.25, 0.3) is 6.08 Å². The van der Waals surface area contributed by atoms with Gasteiger partial charge in [-0.05, 0) is 36.6 Å². The molecular formula is C16H17NO4S2. The fraction of sp³-hybridized carbons (Fsp3) is 0.375. The summed E-state index contributed by atoms with van der Waals surface area (Å²) in [5, 5.41) is 9.83. The number of thiocarbonyl (C=S) groups is 1. The van der Waals surface area contributed by atoms with Gasteiger partial charge in [-0.25, -0.2) is 0 Å². The molecule has 23 heavy (non-hydrogen) atoms. The fourth-order valence-corrected chi connectivity index (χ4v) is 3.87. The molecule has 1 amide bonds. The molecule has 3 rings (SSSR count). The molecule has 0 radical (unpaired) electrons. The standard InChI is InChI=1S/C16H17NO4S2/c1-20-13-5-4-10(7-12(13)18)8-14-15(19)17(16(22)23-14)9-11-3-2-6-21-11/h4-5,7-8,11,18H,2-3,6,9H2,1H3/b14-8-/t11-/m1/s1. The number of carbonyl (C=O) groups excluding carboxylic acids is 1. The monoisotopic (exact) mass is 351 g/mol. The van der Waals surface area contributed by atoms with E-state index in [4.69, 9.17) is 21.7 Å². The number of hydrogen-bond acceptors (Lipinski definition) is 6. The molecule has 7 heteroatoms. The second-order valence-corrected chi connectivity index (χ2v) is 7.03. The smallest absolute Gasteiger partial charge is 0.266 e. The highest BCUT2D eigenvalue weighted by Gasteiger charge is 2.34. The molecule has 0 aliphatic carbocycles. The second-order valence-electron chi connectivity index (χ2n) is 5.36. The number of methoxy groups -OCH3 is 1. The first-order valence-electron chi connectivity index (χ1n) is 7.32. The highest BCUT2D eigenvalue weighted by Crippen LogP contribution is 2.35. The number of phenolic OH excluding ortho intramolecular Hbond substituents is 1. The molecule has 2 aliphatic heterocycles. The highest BCUT2D eigenvalue weighted by atomic mass is 32.2. The van der Waals surface area contributed by atoms with E-state index in [1.807, 2.05) is 0 Å². The fourth-order valence-electron chi connectivity index (χ4n) is 2.60. The van der Waals surface area contributed by atoms with E-state index in [9.17, 15) is 9.90 Å². The van der Waals surface area contributed by atoms with E-state index < -0.39 is 0 Å². The molecule has 0 aromatic heterocycles. The average molecular weight is 351 g/mol. The van der Waals surface area contributed by atoms with Crippen LogP contribution in [0.15, 0.2) is 23.1 Å². The Bertz CT molecular complexity index is 668. The topological polar surface area (TPSA) is 59.0 Å². The SMILES string of the molecule is COc1ccc(/C=C2\SC(=S)N(C[C@H]3CCCO3)C2=O)cc1O. The van der Waals surface area contributed by atoms with Crippen LogP contribution >= 0.6 is 24.0 Å². The Morgan fingerprint density at radius 1 is 1.57 bits per heavy atom. The van der Waals surface area contributed by atoms with Crippen molar-refractivity contribution >= 4 is 40.3 Å². The third-order valence-electron chi connectivity index (χ3n) is 3.78. The zero-order valence-corrected chi connectivity index (χ0v) is 14.3. The maximum absolute atomic E-state index is 12.5. The Morgan fingerprint density at radius 2 is 2.39 bits per heavy atom. The molecule has 1 aromatic carbocycles. The first-order chi connectivity index (χ1) is 11.1. The number of rotatable bonds is 4. The van der Waals surface area contributed by atoms with Gasteiger partial charge in [0.05, 0.1) is 24.7 Å². The average Bonchev–Trinajstić information content (AvgIpc) is 3.12. The summed E-state index contributed by atoms with van der Waals surface area (Å²) in [6, 6.07) is 5.00. The van der Waals surface area contributed by atoms with E-state index in [1.54, 1.807) is 29.2 Å². The summed E-state index contributed by atoms with van der Waals surface area (Å²) < 4.78 is 11.1. The molecule has 2 saturated heterocycles. The number of aromatic hydroxyl groups is 1. The Morgan fingerprint density at radius 3 is 3.04 bits per heavy atom. The molecule has 0 bridgehead atoms. The Hall–Kier alpha value is -1.57. The van der Waals surface area contributed by atoms with Gasteiger partial charge in [0.1, 0.15) is 4.32 Å². The zero-order chi connectivity index (χ0) is 16.4. The van der Waals surface area contributed by atoms with Gasteiger partial charge in [-0.15, -0.1) is 0 Å². The minimum atomic E-state index is -0.106. The molecule has 1 aromatic rings. The maximum Gasteiger partial charge on any atom is 0.266 e. The molecule has 0 saturated carbocycles. The van der Waals surface area contributed by atoms with Crippen LogP contribution in [0, 0.1) is 0 Å². The van der Waals surface area contributed by atoms with Gasteiger partial charge in [0, 0.05) is 6.61 Å². The lowest BCUT2D eigenvalue weighted by Crippen LogP contribution is -2.35. The minimum absolute atomic E-state index is 0.0380. The van der Waals surface area contributed by atoms with Crippen molar-refractivity contribution in [1.29, 1.82) is 0 Å². The lowest BCUT2D eigenvalue weighted by Gasteiger charge is -2.18. The minimum Gasteiger partial charge on any atom is -0.504 e. The number of thioether (sulfide) groups is 1. The largest absolute Gasteiger partial charge is 0.504 e. The van der Waals surface area contributed by atoms with Crippen molar-refractivity contribution in [1.82, 2.24) is 4.90 Å². The van der Waals surface area contributed by atoms with Gasteiger partial charge in [0.2, 0.25) is 0 Å². The van der Waals surface area contributed by atoms with Crippen molar-refractivity contribution < 1.29 is 19.4 Å². The van der Waals surface area contributed by atoms with Crippen LogP contribution in [0.3, 0.4) is 0 Å². The number of phenols is 1. The van der Waals surface area contributed by atoms with E-state index in [-0.39, 0.29) is 17.8 Å². The Labute approximate surface area is 144 Å². The first kappa shape index (κ1) is 16.3. The van der Waals surface area contributed by atoms with Gasteiger partial charge in [-0.2, -0.15) is 0 Å². The van der Waals surface area contributed by atoms with Crippen LogP contribution in [-0.2, 0) is 9.53 Å². The molecule has 2 fully saturated rings. The first-order valence-corrected chi connectivity index (χ1v) is 8.55. The normalized spacial score (nSPS) is 23.1. The van der Waals surface area contributed by atoms with E-state index in [0.717, 1.165) is 25.0 Å². The van der Waals surface area contributed by atoms with Crippen LogP contribution in [-0.4, -0.2) is 46.6 Å². The molecule has 1 atom stereocenters. The van der Waals surface area contributed by atoms with Crippen LogP contribution in [0.2, 0.25) is 0 Å². The maximum atomic E-state index is 12.5. The van der Waals surface area contributed by atoms with Crippen molar-refractivity contribution in [2.45, 2.75) is 18.9 Å². The third kappa shape index (κ3) is 3.52. The number of carbonyl (C=O) groups is 1. The number of nitrogens with zero attached hydrogens (tertiary/aromatic N) is 1. The molecule has 2 aliphatic rings. The number of amides is 1. The quantitative estimate of drug-likeness (QED) is 0.665. The van der Waals surface area contributed by atoms with E-state index in [0.29, 0.717) is 21.5 Å². The predicted octanol–water partition coefficient (Wildman–Crippen LogP) is 2.78. The molecule has 2 heterocycles. The summed E-state index contributed by atoms with van der Waals surface area (Å²) in [7, 11) is 1.49.